The quantitative estimate of drug-likeness (QED) is 0.456. The molecule has 0 saturated heterocycles. The standard InChI is InChI=1S/C15H20Cl2N2O4S/c1-10(2)15(19(21)9-20)8-24(22,23)18-4-3-11-5-13(16)14(17)6-12(11)7-18/h5-6,9-10,15,21H,3-4,7-8H2,1-2H3. The highest BCUT2D eigenvalue weighted by Gasteiger charge is 2.33. The topological polar surface area (TPSA) is 77.9 Å². The van der Waals surface area contributed by atoms with Crippen molar-refractivity contribution in [1.29, 1.82) is 0 Å². The largest absolute Gasteiger partial charge is 0.286 e. The maximum Gasteiger partial charge on any atom is 0.233 e. The Bertz CT molecular complexity index is 724. The summed E-state index contributed by atoms with van der Waals surface area (Å²) in [4.78, 5) is 10.8. The molecular weight excluding hydrogens is 375 g/mol. The van der Waals surface area contributed by atoms with Crippen molar-refractivity contribution in [2.24, 2.45) is 5.92 Å². The van der Waals surface area contributed by atoms with Gasteiger partial charge in [0.25, 0.3) is 0 Å². The van der Waals surface area contributed by atoms with Gasteiger partial charge in [-0.15, -0.1) is 0 Å². The number of rotatable bonds is 6. The third-order valence-electron chi connectivity index (χ3n) is 4.21. The van der Waals surface area contributed by atoms with E-state index in [1.54, 1.807) is 26.0 Å². The van der Waals surface area contributed by atoms with Crippen LogP contribution < -0.4 is 0 Å². The van der Waals surface area contributed by atoms with E-state index in [-0.39, 0.29) is 24.6 Å². The first-order valence-electron chi connectivity index (χ1n) is 7.53. The van der Waals surface area contributed by atoms with Crippen LogP contribution in [0.15, 0.2) is 12.1 Å². The molecule has 0 fully saturated rings. The van der Waals surface area contributed by atoms with Crippen molar-refractivity contribution in [2.45, 2.75) is 32.9 Å². The molecule has 6 nitrogen and oxygen atoms in total. The molecule has 1 N–H and O–H groups in total. The highest BCUT2D eigenvalue weighted by atomic mass is 35.5. The number of hydrogen-bond donors (Lipinski definition) is 1. The number of nitrogens with zero attached hydrogens (tertiary/aromatic N) is 2. The third-order valence-corrected chi connectivity index (χ3v) is 6.80. The SMILES string of the molecule is CC(C)C(CS(=O)(=O)N1CCc2cc(Cl)c(Cl)cc2C1)N(O)C=O. The zero-order valence-corrected chi connectivity index (χ0v) is 15.8. The molecule has 1 heterocycles. The van der Waals surface area contributed by atoms with E-state index in [0.717, 1.165) is 11.1 Å². The predicted octanol–water partition coefficient (Wildman–Crippen LogP) is 2.55. The number of hydrogen-bond acceptors (Lipinski definition) is 4. The van der Waals surface area contributed by atoms with E-state index < -0.39 is 16.1 Å². The van der Waals surface area contributed by atoms with Crippen LogP contribution in [0.3, 0.4) is 0 Å². The van der Waals surface area contributed by atoms with E-state index >= 15 is 0 Å². The molecule has 1 atom stereocenters. The van der Waals surface area contributed by atoms with Crippen molar-refractivity contribution < 1.29 is 18.4 Å². The smallest absolute Gasteiger partial charge is 0.233 e. The Morgan fingerprint density at radius 2 is 1.88 bits per heavy atom. The van der Waals surface area contributed by atoms with Gasteiger partial charge in [-0.2, -0.15) is 4.31 Å². The van der Waals surface area contributed by atoms with Gasteiger partial charge in [0, 0.05) is 13.1 Å². The minimum atomic E-state index is -3.65. The second-order valence-electron chi connectivity index (χ2n) is 6.19. The Balaban J connectivity index is 2.21. The number of sulfonamides is 1. The molecule has 0 saturated carbocycles. The molecule has 2 rings (SSSR count). The Hall–Kier alpha value is -0.860. The molecule has 1 unspecified atom stereocenters. The van der Waals surface area contributed by atoms with Gasteiger partial charge in [0.15, 0.2) is 0 Å². The van der Waals surface area contributed by atoms with Crippen molar-refractivity contribution in [2.75, 3.05) is 12.3 Å². The second-order valence-corrected chi connectivity index (χ2v) is 9.02. The highest BCUT2D eigenvalue weighted by molar-refractivity contribution is 7.89. The molecule has 1 aliphatic heterocycles. The van der Waals surface area contributed by atoms with Crippen LogP contribution in [0.1, 0.15) is 25.0 Å². The van der Waals surface area contributed by atoms with Gasteiger partial charge in [-0.25, -0.2) is 13.5 Å². The molecule has 134 valence electrons. The molecule has 0 aromatic heterocycles. The van der Waals surface area contributed by atoms with Crippen molar-refractivity contribution >= 4 is 39.6 Å². The van der Waals surface area contributed by atoms with Crippen molar-refractivity contribution in [3.05, 3.63) is 33.3 Å². The number of amides is 1. The lowest BCUT2D eigenvalue weighted by atomic mass is 10.0. The normalized spacial score (nSPS) is 16.8. The Kier molecular flexibility index (Phi) is 6.14. The van der Waals surface area contributed by atoms with Crippen LogP contribution in [0.4, 0.5) is 0 Å². The second kappa shape index (κ2) is 7.58. The fourth-order valence-corrected chi connectivity index (χ4v) is 4.99. The van der Waals surface area contributed by atoms with Gasteiger partial charge in [-0.1, -0.05) is 37.0 Å². The summed E-state index contributed by atoms with van der Waals surface area (Å²) in [5.41, 5.74) is 1.80. The summed E-state index contributed by atoms with van der Waals surface area (Å²) in [6, 6.07) is 2.65. The number of halogens is 2. The molecule has 1 aromatic rings. The average molecular weight is 395 g/mol. The molecule has 1 amide bonds. The van der Waals surface area contributed by atoms with Crippen LogP contribution in [-0.4, -0.2) is 47.7 Å². The summed E-state index contributed by atoms with van der Waals surface area (Å²) >= 11 is 12.0. The van der Waals surface area contributed by atoms with E-state index in [1.165, 1.54) is 4.31 Å². The summed E-state index contributed by atoms with van der Waals surface area (Å²) in [5.74, 6) is -0.545. The van der Waals surface area contributed by atoms with Gasteiger partial charge in [-0.3, -0.25) is 10.0 Å². The molecule has 1 aliphatic rings. The highest BCUT2D eigenvalue weighted by Crippen LogP contribution is 2.30. The number of carbonyl (C=O) groups excluding carboxylic acids is 1. The van der Waals surface area contributed by atoms with Gasteiger partial charge >= 0.3 is 0 Å². The number of hydroxylamine groups is 2. The summed E-state index contributed by atoms with van der Waals surface area (Å²) in [6.07, 6.45) is 0.766. The van der Waals surface area contributed by atoms with Crippen molar-refractivity contribution in [3.8, 4) is 0 Å². The van der Waals surface area contributed by atoms with Gasteiger partial charge in [0.1, 0.15) is 0 Å². The Morgan fingerprint density at radius 3 is 2.42 bits per heavy atom. The first-order valence-corrected chi connectivity index (χ1v) is 9.89. The van der Waals surface area contributed by atoms with Crippen LogP contribution in [-0.2, 0) is 27.8 Å². The number of carbonyl (C=O) groups is 1. The van der Waals surface area contributed by atoms with E-state index in [2.05, 4.69) is 0 Å². The monoisotopic (exact) mass is 394 g/mol. The fourth-order valence-electron chi connectivity index (χ4n) is 2.73. The lowest BCUT2D eigenvalue weighted by Gasteiger charge is -2.32. The Morgan fingerprint density at radius 1 is 1.29 bits per heavy atom. The van der Waals surface area contributed by atoms with Crippen LogP contribution in [0.5, 0.6) is 0 Å². The van der Waals surface area contributed by atoms with Crippen molar-refractivity contribution in [3.63, 3.8) is 0 Å². The summed E-state index contributed by atoms with van der Waals surface area (Å²) in [7, 11) is -3.65. The zero-order valence-electron chi connectivity index (χ0n) is 13.4. The lowest BCUT2D eigenvalue weighted by molar-refractivity contribution is -0.161. The van der Waals surface area contributed by atoms with E-state index in [1.807, 2.05) is 0 Å². The molecule has 0 aliphatic carbocycles. The molecule has 1 aromatic carbocycles. The van der Waals surface area contributed by atoms with Gasteiger partial charge in [0.2, 0.25) is 16.4 Å². The zero-order chi connectivity index (χ0) is 18.1. The summed E-state index contributed by atoms with van der Waals surface area (Å²) < 4.78 is 26.7. The number of fused-ring (bicyclic) bond motifs is 1. The summed E-state index contributed by atoms with van der Waals surface area (Å²) in [6.45, 7) is 4.02. The maximum atomic E-state index is 12.7. The average Bonchev–Trinajstić information content (AvgIpc) is 2.52. The van der Waals surface area contributed by atoms with E-state index in [4.69, 9.17) is 23.2 Å². The van der Waals surface area contributed by atoms with E-state index in [9.17, 15) is 18.4 Å². The van der Waals surface area contributed by atoms with Crippen LogP contribution in [0, 0.1) is 5.92 Å². The van der Waals surface area contributed by atoms with Crippen LogP contribution in [0.2, 0.25) is 10.0 Å². The molecular formula is C15H20Cl2N2O4S. The minimum absolute atomic E-state index is 0.200. The number of benzene rings is 1. The minimum Gasteiger partial charge on any atom is -0.286 e. The molecule has 9 heteroatoms. The van der Waals surface area contributed by atoms with Crippen molar-refractivity contribution in [1.82, 2.24) is 9.37 Å². The first kappa shape index (κ1) is 19.5. The Labute approximate surface area is 152 Å². The first-order chi connectivity index (χ1) is 11.2. The van der Waals surface area contributed by atoms with E-state index in [0.29, 0.717) is 28.1 Å². The fraction of sp³-hybridized carbons (Fsp3) is 0.533. The maximum absolute atomic E-state index is 12.7. The lowest BCUT2D eigenvalue weighted by Crippen LogP contribution is -2.46. The van der Waals surface area contributed by atoms with Crippen LogP contribution in [0.25, 0.3) is 0 Å². The summed E-state index contributed by atoms with van der Waals surface area (Å²) in [5, 5.41) is 10.9. The molecule has 24 heavy (non-hydrogen) atoms. The van der Waals surface area contributed by atoms with Gasteiger partial charge < -0.3 is 0 Å². The predicted molar refractivity (Wildman–Crippen MR) is 92.7 cm³/mol. The van der Waals surface area contributed by atoms with Gasteiger partial charge in [-0.05, 0) is 35.6 Å². The molecule has 0 radical (unpaired) electrons. The molecule has 0 spiro atoms. The molecule has 0 bridgehead atoms. The van der Waals surface area contributed by atoms with Gasteiger partial charge in [0.05, 0.1) is 21.8 Å². The van der Waals surface area contributed by atoms with Crippen LogP contribution >= 0.6 is 23.2 Å². The third kappa shape index (κ3) is 4.21.